The van der Waals surface area contributed by atoms with Gasteiger partial charge < -0.3 is 10.1 Å². The second-order valence-corrected chi connectivity index (χ2v) is 5.25. The van der Waals surface area contributed by atoms with Crippen molar-refractivity contribution >= 4 is 17.6 Å². The summed E-state index contributed by atoms with van der Waals surface area (Å²) in [7, 11) is 0. The zero-order valence-corrected chi connectivity index (χ0v) is 12.4. The molecule has 1 aliphatic carbocycles. The minimum absolute atomic E-state index is 0.210. The van der Waals surface area contributed by atoms with Crippen molar-refractivity contribution in [1.82, 2.24) is 0 Å². The predicted molar refractivity (Wildman–Crippen MR) is 81.8 cm³/mol. The van der Waals surface area contributed by atoms with Crippen LogP contribution in [0.3, 0.4) is 0 Å². The maximum Gasteiger partial charge on any atom is 0.307 e. The topological polar surface area (TPSA) is 79.2 Å². The molecule has 2 rings (SSSR count). The maximum absolute atomic E-state index is 12.0. The van der Waals surface area contributed by atoms with Gasteiger partial charge in [-0.15, -0.1) is 0 Å². The fourth-order valence-corrected chi connectivity index (χ4v) is 2.30. The van der Waals surface area contributed by atoms with Crippen molar-refractivity contribution in [2.45, 2.75) is 32.3 Å². The van der Waals surface area contributed by atoms with E-state index in [-0.39, 0.29) is 11.9 Å². The number of allylic oxidation sites excluding steroid dienone is 2. The van der Waals surface area contributed by atoms with Crippen LogP contribution in [0.1, 0.15) is 31.7 Å². The molecule has 22 heavy (non-hydrogen) atoms. The second-order valence-electron chi connectivity index (χ2n) is 5.25. The lowest BCUT2D eigenvalue weighted by molar-refractivity contribution is -0.153. The summed E-state index contributed by atoms with van der Waals surface area (Å²) in [5.74, 6) is -0.618. The molecule has 0 unspecified atom stereocenters. The molecule has 0 saturated carbocycles. The summed E-state index contributed by atoms with van der Waals surface area (Å²) in [5, 5.41) is 11.6. The van der Waals surface area contributed by atoms with Crippen LogP contribution in [-0.2, 0) is 14.3 Å². The SMILES string of the molecule is C[C@@H](OC(=O)C[C@@H]1C=CCC1)C(=O)Nc1ccccc1C#N. The highest BCUT2D eigenvalue weighted by Crippen LogP contribution is 2.21. The molecule has 0 fully saturated rings. The largest absolute Gasteiger partial charge is 0.453 e. The van der Waals surface area contributed by atoms with Gasteiger partial charge in [-0.1, -0.05) is 24.3 Å². The molecule has 0 radical (unpaired) electrons. The van der Waals surface area contributed by atoms with Crippen molar-refractivity contribution in [2.75, 3.05) is 5.32 Å². The first-order chi connectivity index (χ1) is 10.6. The van der Waals surface area contributed by atoms with E-state index in [9.17, 15) is 9.59 Å². The van der Waals surface area contributed by atoms with Gasteiger partial charge in [0.2, 0.25) is 0 Å². The van der Waals surface area contributed by atoms with Gasteiger partial charge in [-0.05, 0) is 37.8 Å². The number of anilines is 1. The van der Waals surface area contributed by atoms with E-state index in [1.165, 1.54) is 6.92 Å². The number of para-hydroxylation sites is 1. The molecule has 1 aromatic rings. The lowest BCUT2D eigenvalue weighted by Gasteiger charge is -2.15. The number of carbonyl (C=O) groups is 2. The molecule has 114 valence electrons. The normalized spacial score (nSPS) is 17.5. The van der Waals surface area contributed by atoms with Crippen LogP contribution in [0.4, 0.5) is 5.69 Å². The predicted octanol–water partition coefficient (Wildman–Crippen LogP) is 2.78. The van der Waals surface area contributed by atoms with Crippen LogP contribution in [0.15, 0.2) is 36.4 Å². The Kier molecular flexibility index (Phi) is 5.31. The van der Waals surface area contributed by atoms with E-state index < -0.39 is 12.0 Å². The molecule has 5 nitrogen and oxygen atoms in total. The Labute approximate surface area is 129 Å². The molecule has 1 amide bonds. The number of hydrogen-bond donors (Lipinski definition) is 1. The van der Waals surface area contributed by atoms with E-state index in [1.807, 2.05) is 18.2 Å². The Morgan fingerprint density at radius 2 is 2.23 bits per heavy atom. The van der Waals surface area contributed by atoms with Crippen molar-refractivity contribution in [3.05, 3.63) is 42.0 Å². The highest BCUT2D eigenvalue weighted by molar-refractivity contribution is 5.96. The molecule has 0 aromatic heterocycles. The van der Waals surface area contributed by atoms with Crippen molar-refractivity contribution < 1.29 is 14.3 Å². The van der Waals surface area contributed by atoms with Gasteiger partial charge in [-0.2, -0.15) is 5.26 Å². The van der Waals surface area contributed by atoms with E-state index in [4.69, 9.17) is 10.00 Å². The number of hydrogen-bond acceptors (Lipinski definition) is 4. The number of rotatable bonds is 5. The summed E-state index contributed by atoms with van der Waals surface area (Å²) < 4.78 is 5.15. The van der Waals surface area contributed by atoms with E-state index in [0.717, 1.165) is 12.8 Å². The number of benzene rings is 1. The number of carbonyl (C=O) groups excluding carboxylic acids is 2. The Morgan fingerprint density at radius 3 is 2.91 bits per heavy atom. The van der Waals surface area contributed by atoms with Crippen LogP contribution in [0.5, 0.6) is 0 Å². The first kappa shape index (κ1) is 15.8. The molecule has 2 atom stereocenters. The van der Waals surface area contributed by atoms with Crippen molar-refractivity contribution in [2.24, 2.45) is 5.92 Å². The van der Waals surface area contributed by atoms with E-state index in [2.05, 4.69) is 5.32 Å². The molecular formula is C17H18N2O3. The van der Waals surface area contributed by atoms with Gasteiger partial charge in [0.1, 0.15) is 6.07 Å². The van der Waals surface area contributed by atoms with Crippen LogP contribution in [0.25, 0.3) is 0 Å². The minimum atomic E-state index is -0.898. The number of nitrogens with zero attached hydrogens (tertiary/aromatic N) is 1. The molecule has 5 heteroatoms. The summed E-state index contributed by atoms with van der Waals surface area (Å²) in [4.78, 5) is 23.8. The van der Waals surface area contributed by atoms with E-state index >= 15 is 0 Å². The summed E-state index contributed by atoms with van der Waals surface area (Å²) in [5.41, 5.74) is 0.780. The third kappa shape index (κ3) is 4.19. The molecular weight excluding hydrogens is 280 g/mol. The molecule has 0 saturated heterocycles. The Balaban J connectivity index is 1.87. The highest BCUT2D eigenvalue weighted by Gasteiger charge is 2.21. The quantitative estimate of drug-likeness (QED) is 0.669. The molecule has 0 heterocycles. The van der Waals surface area contributed by atoms with E-state index in [1.54, 1.807) is 24.3 Å². The first-order valence-electron chi connectivity index (χ1n) is 7.26. The summed E-state index contributed by atoms with van der Waals surface area (Å²) in [6.07, 6.45) is 5.39. The molecule has 0 spiro atoms. The van der Waals surface area contributed by atoms with Gasteiger partial charge in [0.25, 0.3) is 5.91 Å². The smallest absolute Gasteiger partial charge is 0.307 e. The van der Waals surface area contributed by atoms with Crippen LogP contribution in [-0.4, -0.2) is 18.0 Å². The Morgan fingerprint density at radius 1 is 1.45 bits per heavy atom. The van der Waals surface area contributed by atoms with Crippen LogP contribution >= 0.6 is 0 Å². The van der Waals surface area contributed by atoms with Gasteiger partial charge in [-0.25, -0.2) is 0 Å². The fourth-order valence-electron chi connectivity index (χ4n) is 2.30. The number of amides is 1. The highest BCUT2D eigenvalue weighted by atomic mass is 16.5. The first-order valence-corrected chi connectivity index (χ1v) is 7.26. The van der Waals surface area contributed by atoms with Gasteiger partial charge in [0.15, 0.2) is 6.10 Å². The monoisotopic (exact) mass is 298 g/mol. The number of esters is 1. The Hall–Kier alpha value is -2.61. The van der Waals surface area contributed by atoms with Crippen molar-refractivity contribution in [1.29, 1.82) is 5.26 Å². The average Bonchev–Trinajstić information content (AvgIpc) is 3.00. The van der Waals surface area contributed by atoms with Gasteiger partial charge in [0, 0.05) is 0 Å². The lowest BCUT2D eigenvalue weighted by atomic mass is 10.1. The third-order valence-electron chi connectivity index (χ3n) is 3.52. The van der Waals surface area contributed by atoms with Gasteiger partial charge in [0.05, 0.1) is 17.7 Å². The zero-order valence-electron chi connectivity index (χ0n) is 12.4. The molecule has 0 bridgehead atoms. The van der Waals surface area contributed by atoms with Crippen LogP contribution in [0, 0.1) is 17.2 Å². The molecule has 0 aliphatic heterocycles. The second kappa shape index (κ2) is 7.41. The minimum Gasteiger partial charge on any atom is -0.453 e. The number of nitriles is 1. The van der Waals surface area contributed by atoms with E-state index in [0.29, 0.717) is 17.7 Å². The van der Waals surface area contributed by atoms with Gasteiger partial charge >= 0.3 is 5.97 Å². The molecule has 1 aliphatic rings. The number of nitrogens with one attached hydrogen (secondary N) is 1. The van der Waals surface area contributed by atoms with Crippen LogP contribution in [0.2, 0.25) is 0 Å². The summed E-state index contributed by atoms with van der Waals surface area (Å²) >= 11 is 0. The average molecular weight is 298 g/mol. The molecule has 1 aromatic carbocycles. The maximum atomic E-state index is 12.0. The van der Waals surface area contributed by atoms with Crippen molar-refractivity contribution in [3.8, 4) is 6.07 Å². The van der Waals surface area contributed by atoms with Crippen molar-refractivity contribution in [3.63, 3.8) is 0 Å². The van der Waals surface area contributed by atoms with Crippen LogP contribution < -0.4 is 5.32 Å². The third-order valence-corrected chi connectivity index (χ3v) is 3.52. The standard InChI is InChI=1S/C17H18N2O3/c1-12(22-16(20)10-13-6-2-3-7-13)17(21)19-15-9-5-4-8-14(15)11-18/h2,4-6,8-9,12-13H,3,7,10H2,1H3,(H,19,21)/t12-,13-/m1/s1. The Bertz CT molecular complexity index is 631. The summed E-state index contributed by atoms with van der Waals surface area (Å²) in [6, 6.07) is 8.68. The number of ether oxygens (including phenoxy) is 1. The summed E-state index contributed by atoms with van der Waals surface area (Å²) in [6.45, 7) is 1.52. The van der Waals surface area contributed by atoms with Gasteiger partial charge in [-0.3, -0.25) is 9.59 Å². The fraction of sp³-hybridized carbons (Fsp3) is 0.353. The molecule has 1 N–H and O–H groups in total. The lowest BCUT2D eigenvalue weighted by Crippen LogP contribution is -2.30. The zero-order chi connectivity index (χ0) is 15.9.